The SMILES string of the molecule is CC.NCCOCCOCCC(=O)Oc1c(F)c(F)cc(F)c1F. The number of ether oxygens (including phenoxy) is 3. The molecule has 24 heavy (non-hydrogen) atoms. The number of carbonyl (C=O) groups is 1. The maximum atomic E-state index is 13.2. The fourth-order valence-corrected chi connectivity index (χ4v) is 1.37. The lowest BCUT2D eigenvalue weighted by atomic mass is 10.3. The first kappa shape index (κ1) is 22.3. The number of carbonyl (C=O) groups excluding carboxylic acids is 1. The summed E-state index contributed by atoms with van der Waals surface area (Å²) >= 11 is 0. The van der Waals surface area contributed by atoms with E-state index in [0.29, 0.717) is 13.2 Å². The lowest BCUT2D eigenvalue weighted by Gasteiger charge is -2.08. The molecule has 0 aromatic heterocycles. The minimum absolute atomic E-state index is 0.0203. The number of nitrogens with two attached hydrogens (primary N) is 1. The quantitative estimate of drug-likeness (QED) is 0.242. The van der Waals surface area contributed by atoms with Crippen LogP contribution in [-0.4, -0.2) is 38.9 Å². The van der Waals surface area contributed by atoms with Gasteiger partial charge in [-0.05, 0) is 0 Å². The Balaban J connectivity index is 0.00000254. The van der Waals surface area contributed by atoms with E-state index in [2.05, 4.69) is 4.74 Å². The Labute approximate surface area is 137 Å². The minimum atomic E-state index is -1.77. The molecule has 0 radical (unpaired) electrons. The Morgan fingerprint density at radius 2 is 1.46 bits per heavy atom. The average molecular weight is 355 g/mol. The Hall–Kier alpha value is -1.71. The van der Waals surface area contributed by atoms with Crippen molar-refractivity contribution in [3.05, 3.63) is 29.3 Å². The molecule has 0 aliphatic carbocycles. The third-order valence-corrected chi connectivity index (χ3v) is 2.37. The maximum Gasteiger partial charge on any atom is 0.313 e. The van der Waals surface area contributed by atoms with Crippen LogP contribution in [0.4, 0.5) is 17.6 Å². The number of halogens is 4. The smallest absolute Gasteiger partial charge is 0.313 e. The molecule has 0 heterocycles. The predicted molar refractivity (Wildman–Crippen MR) is 78.6 cm³/mol. The maximum absolute atomic E-state index is 13.2. The van der Waals surface area contributed by atoms with E-state index in [4.69, 9.17) is 15.2 Å². The van der Waals surface area contributed by atoms with E-state index in [-0.39, 0.29) is 32.3 Å². The van der Waals surface area contributed by atoms with Crippen LogP contribution in [0.3, 0.4) is 0 Å². The van der Waals surface area contributed by atoms with Crippen molar-refractivity contribution >= 4 is 5.97 Å². The van der Waals surface area contributed by atoms with Crippen LogP contribution in [-0.2, 0) is 14.3 Å². The van der Waals surface area contributed by atoms with Gasteiger partial charge >= 0.3 is 5.97 Å². The van der Waals surface area contributed by atoms with Crippen molar-refractivity contribution in [2.24, 2.45) is 5.73 Å². The highest BCUT2D eigenvalue weighted by molar-refractivity contribution is 5.72. The van der Waals surface area contributed by atoms with E-state index in [9.17, 15) is 22.4 Å². The fraction of sp³-hybridized carbons (Fsp3) is 0.533. The highest BCUT2D eigenvalue weighted by atomic mass is 19.2. The zero-order chi connectivity index (χ0) is 18.5. The van der Waals surface area contributed by atoms with Crippen molar-refractivity contribution in [3.8, 4) is 5.75 Å². The van der Waals surface area contributed by atoms with E-state index < -0.39 is 35.0 Å². The second-order valence-corrected chi connectivity index (χ2v) is 4.03. The molecule has 0 amide bonds. The standard InChI is InChI=1S/C13H15F4NO4.C2H6/c14-8-7-9(15)12(17)13(11(8)16)22-10(19)1-3-20-5-6-21-4-2-18;1-2/h7H,1-6,18H2;1-2H3. The molecule has 0 spiro atoms. The molecule has 2 N–H and O–H groups in total. The van der Waals surface area contributed by atoms with Crippen LogP contribution in [0.2, 0.25) is 0 Å². The molecule has 0 bridgehead atoms. The molecule has 0 saturated carbocycles. The molecule has 0 fully saturated rings. The molecule has 0 aliphatic heterocycles. The predicted octanol–water partition coefficient (Wildman–Crippen LogP) is 2.56. The Bertz CT molecular complexity index is 488. The van der Waals surface area contributed by atoms with Gasteiger partial charge in [0.1, 0.15) is 0 Å². The van der Waals surface area contributed by atoms with Crippen LogP contribution in [0, 0.1) is 23.3 Å². The van der Waals surface area contributed by atoms with Gasteiger partial charge in [-0.25, -0.2) is 8.78 Å². The van der Waals surface area contributed by atoms with Crippen molar-refractivity contribution in [1.29, 1.82) is 0 Å². The first-order chi connectivity index (χ1) is 11.5. The zero-order valence-electron chi connectivity index (χ0n) is 13.5. The van der Waals surface area contributed by atoms with Crippen molar-refractivity contribution in [3.63, 3.8) is 0 Å². The lowest BCUT2D eigenvalue weighted by Crippen LogP contribution is -2.16. The van der Waals surface area contributed by atoms with Gasteiger partial charge in [0.25, 0.3) is 0 Å². The van der Waals surface area contributed by atoms with Gasteiger partial charge in [0.05, 0.1) is 32.8 Å². The first-order valence-corrected chi connectivity index (χ1v) is 7.36. The second kappa shape index (κ2) is 12.7. The summed E-state index contributed by atoms with van der Waals surface area (Å²) in [5.41, 5.74) is 5.19. The summed E-state index contributed by atoms with van der Waals surface area (Å²) in [5, 5.41) is 0. The third kappa shape index (κ3) is 7.71. The van der Waals surface area contributed by atoms with Gasteiger partial charge in [0.2, 0.25) is 17.4 Å². The van der Waals surface area contributed by atoms with Crippen molar-refractivity contribution in [2.75, 3.05) is 33.0 Å². The molecule has 0 atom stereocenters. The molecular formula is C15H21F4NO4. The van der Waals surface area contributed by atoms with Gasteiger partial charge in [-0.1, -0.05) is 13.8 Å². The van der Waals surface area contributed by atoms with Crippen molar-refractivity contribution < 1.29 is 36.6 Å². The van der Waals surface area contributed by atoms with E-state index in [1.807, 2.05) is 13.8 Å². The molecule has 0 saturated heterocycles. The highest BCUT2D eigenvalue weighted by Crippen LogP contribution is 2.26. The van der Waals surface area contributed by atoms with Crippen molar-refractivity contribution in [2.45, 2.75) is 20.3 Å². The average Bonchev–Trinajstić information content (AvgIpc) is 2.58. The van der Waals surface area contributed by atoms with Gasteiger partial charge in [0, 0.05) is 12.6 Å². The van der Waals surface area contributed by atoms with Crippen molar-refractivity contribution in [1.82, 2.24) is 0 Å². The summed E-state index contributed by atoms with van der Waals surface area (Å²) in [6.45, 7) is 5.09. The summed E-state index contributed by atoms with van der Waals surface area (Å²) in [6, 6.07) is 0.0203. The lowest BCUT2D eigenvalue weighted by molar-refractivity contribution is -0.136. The first-order valence-electron chi connectivity index (χ1n) is 7.36. The monoisotopic (exact) mass is 355 g/mol. The Morgan fingerprint density at radius 1 is 0.958 bits per heavy atom. The van der Waals surface area contributed by atoms with E-state index in [1.165, 1.54) is 0 Å². The molecule has 1 rings (SSSR count). The van der Waals surface area contributed by atoms with E-state index >= 15 is 0 Å². The van der Waals surface area contributed by atoms with Gasteiger partial charge < -0.3 is 19.9 Å². The molecular weight excluding hydrogens is 334 g/mol. The number of benzene rings is 1. The minimum Gasteiger partial charge on any atom is -0.420 e. The summed E-state index contributed by atoms with van der Waals surface area (Å²) in [4.78, 5) is 11.3. The molecule has 5 nitrogen and oxygen atoms in total. The molecule has 1 aromatic carbocycles. The number of rotatable bonds is 9. The number of hydrogen-bond donors (Lipinski definition) is 1. The van der Waals surface area contributed by atoms with Gasteiger partial charge in [-0.3, -0.25) is 4.79 Å². The summed E-state index contributed by atoms with van der Waals surface area (Å²) in [5.74, 6) is -9.36. The second-order valence-electron chi connectivity index (χ2n) is 4.03. The number of hydrogen-bond acceptors (Lipinski definition) is 5. The normalized spacial score (nSPS) is 10.1. The Morgan fingerprint density at radius 3 is 1.96 bits per heavy atom. The largest absolute Gasteiger partial charge is 0.420 e. The van der Waals surface area contributed by atoms with Gasteiger partial charge in [-0.15, -0.1) is 0 Å². The van der Waals surface area contributed by atoms with Crippen LogP contribution in [0.15, 0.2) is 6.07 Å². The molecule has 0 unspecified atom stereocenters. The van der Waals surface area contributed by atoms with E-state index in [1.54, 1.807) is 0 Å². The van der Waals surface area contributed by atoms with Gasteiger partial charge in [0.15, 0.2) is 11.6 Å². The molecule has 9 heteroatoms. The Kier molecular flexibility index (Phi) is 11.8. The summed E-state index contributed by atoms with van der Waals surface area (Å²) in [6.07, 6.45) is -0.353. The fourth-order valence-electron chi connectivity index (χ4n) is 1.37. The van der Waals surface area contributed by atoms with E-state index in [0.717, 1.165) is 0 Å². The topological polar surface area (TPSA) is 70.8 Å². The highest BCUT2D eigenvalue weighted by Gasteiger charge is 2.22. The van der Waals surface area contributed by atoms with Crippen LogP contribution in [0.25, 0.3) is 0 Å². The van der Waals surface area contributed by atoms with Gasteiger partial charge in [-0.2, -0.15) is 8.78 Å². The third-order valence-electron chi connectivity index (χ3n) is 2.37. The summed E-state index contributed by atoms with van der Waals surface area (Å²) in [7, 11) is 0. The summed E-state index contributed by atoms with van der Waals surface area (Å²) < 4.78 is 66.6. The molecule has 0 aliphatic rings. The molecule has 1 aromatic rings. The van der Waals surface area contributed by atoms with Crippen LogP contribution in [0.5, 0.6) is 5.75 Å². The zero-order valence-corrected chi connectivity index (χ0v) is 13.5. The van der Waals surface area contributed by atoms with Crippen LogP contribution in [0.1, 0.15) is 20.3 Å². The van der Waals surface area contributed by atoms with Crippen LogP contribution < -0.4 is 10.5 Å². The van der Waals surface area contributed by atoms with Crippen LogP contribution >= 0.6 is 0 Å². The molecule has 138 valence electrons. The number of esters is 1.